The van der Waals surface area contributed by atoms with Gasteiger partial charge < -0.3 is 4.90 Å². The second-order valence-corrected chi connectivity index (χ2v) is 6.59. The first kappa shape index (κ1) is 20.6. The lowest BCUT2D eigenvalue weighted by Gasteiger charge is -2.27. The number of alkyl halides is 6. The Balaban J connectivity index is 1.62. The van der Waals surface area contributed by atoms with Crippen molar-refractivity contribution in [2.24, 2.45) is 0 Å². The zero-order valence-corrected chi connectivity index (χ0v) is 15.6. The van der Waals surface area contributed by atoms with Crippen LogP contribution in [0.5, 0.6) is 0 Å². The Hall–Kier alpha value is -3.63. The van der Waals surface area contributed by atoms with E-state index in [1.807, 2.05) is 0 Å². The first-order valence-electron chi connectivity index (χ1n) is 8.89. The van der Waals surface area contributed by atoms with Crippen LogP contribution in [0.15, 0.2) is 72.8 Å². The van der Waals surface area contributed by atoms with E-state index in [0.717, 1.165) is 23.0 Å². The molecule has 3 aromatic rings. The van der Waals surface area contributed by atoms with Gasteiger partial charge in [-0.25, -0.2) is 14.6 Å². The van der Waals surface area contributed by atoms with Crippen LogP contribution in [0.1, 0.15) is 5.69 Å². The lowest BCUT2D eigenvalue weighted by atomic mass is 10.0. The van der Waals surface area contributed by atoms with Crippen molar-refractivity contribution in [2.75, 3.05) is 11.4 Å². The van der Waals surface area contributed by atoms with E-state index in [4.69, 9.17) is 0 Å². The zero-order chi connectivity index (χ0) is 22.2. The Morgan fingerprint density at radius 1 is 0.871 bits per heavy atom. The number of anilines is 1. The number of hydrogen-bond donors (Lipinski definition) is 0. The molecule has 5 nitrogen and oxygen atoms in total. The van der Waals surface area contributed by atoms with Crippen molar-refractivity contribution in [2.45, 2.75) is 12.4 Å². The molecule has 4 rings (SSSR count). The maximum atomic E-state index is 13.1. The lowest BCUT2D eigenvalue weighted by Crippen LogP contribution is -2.28. The molecule has 1 aliphatic rings. The minimum atomic E-state index is -4.59. The van der Waals surface area contributed by atoms with Crippen LogP contribution in [0, 0.1) is 0 Å². The number of benzene rings is 1. The highest BCUT2D eigenvalue weighted by molar-refractivity contribution is 5.79. The van der Waals surface area contributed by atoms with E-state index in [0.29, 0.717) is 16.8 Å². The summed E-state index contributed by atoms with van der Waals surface area (Å²) < 4.78 is 78.4. The molecule has 0 unspecified atom stereocenters. The Kier molecular flexibility index (Phi) is 5.03. The number of allylic oxidation sites excluding steroid dienone is 2. The van der Waals surface area contributed by atoms with E-state index in [2.05, 4.69) is 15.1 Å². The third kappa shape index (κ3) is 4.30. The number of aromatic nitrogens is 4. The topological polar surface area (TPSA) is 46.8 Å². The molecule has 160 valence electrons. The fourth-order valence-electron chi connectivity index (χ4n) is 3.03. The maximum Gasteiger partial charge on any atom is 0.435 e. The molecule has 0 fully saturated rings. The van der Waals surface area contributed by atoms with Gasteiger partial charge in [-0.05, 0) is 18.2 Å². The van der Waals surface area contributed by atoms with E-state index in [1.165, 1.54) is 29.6 Å². The second kappa shape index (κ2) is 7.56. The first-order chi connectivity index (χ1) is 14.6. The Morgan fingerprint density at radius 2 is 1.58 bits per heavy atom. The number of rotatable bonds is 3. The summed E-state index contributed by atoms with van der Waals surface area (Å²) >= 11 is 0. The maximum absolute atomic E-state index is 13.1. The van der Waals surface area contributed by atoms with Crippen molar-refractivity contribution >= 4 is 5.69 Å². The highest BCUT2D eigenvalue weighted by Gasteiger charge is 2.35. The fourth-order valence-corrected chi connectivity index (χ4v) is 3.03. The number of para-hydroxylation sites is 1. The molecule has 0 saturated heterocycles. The number of hydrogen-bond acceptors (Lipinski definition) is 4. The molecule has 0 atom stereocenters. The van der Waals surface area contributed by atoms with Crippen LogP contribution < -0.4 is 4.90 Å². The molecule has 2 aromatic heterocycles. The standard InChI is InChI=1S/C20H13F6N5/c21-19(22,23)14-4-3-8-30(12-14)16-6-2-1-5-15(16)13-10-27-18(28-11-13)31-9-7-17(29-31)20(24,25)26/h1-11H,12H2. The summed E-state index contributed by atoms with van der Waals surface area (Å²) in [6, 6.07) is 7.57. The number of nitrogens with zero attached hydrogens (tertiary/aromatic N) is 5. The van der Waals surface area contributed by atoms with E-state index in [-0.39, 0.29) is 12.5 Å². The summed E-state index contributed by atoms with van der Waals surface area (Å²) in [6.07, 6.45) is -1.30. The molecule has 11 heteroatoms. The molecular formula is C20H13F6N5. The van der Waals surface area contributed by atoms with E-state index in [9.17, 15) is 26.3 Å². The van der Waals surface area contributed by atoms with Gasteiger partial charge in [-0.2, -0.15) is 31.4 Å². The second-order valence-electron chi connectivity index (χ2n) is 6.59. The van der Waals surface area contributed by atoms with Crippen LogP contribution in [-0.2, 0) is 6.18 Å². The van der Waals surface area contributed by atoms with Gasteiger partial charge in [0, 0.05) is 41.6 Å². The molecule has 0 radical (unpaired) electrons. The summed E-state index contributed by atoms with van der Waals surface area (Å²) in [5.41, 5.74) is -0.201. The molecule has 0 spiro atoms. The van der Waals surface area contributed by atoms with Crippen LogP contribution in [0.25, 0.3) is 17.1 Å². The molecule has 1 aromatic carbocycles. The highest BCUT2D eigenvalue weighted by atomic mass is 19.4. The molecule has 0 saturated carbocycles. The average molecular weight is 437 g/mol. The van der Waals surface area contributed by atoms with Gasteiger partial charge in [0.25, 0.3) is 0 Å². The Labute approximate surface area is 172 Å². The van der Waals surface area contributed by atoms with Crippen LogP contribution in [0.2, 0.25) is 0 Å². The SMILES string of the molecule is FC(F)(F)C1=CC=CN(c2ccccc2-c2cnc(-n3ccc(C(F)(F)F)n3)nc2)C1. The van der Waals surface area contributed by atoms with Gasteiger partial charge in [0.1, 0.15) is 0 Å². The summed E-state index contributed by atoms with van der Waals surface area (Å²) in [6.45, 7) is -0.358. The van der Waals surface area contributed by atoms with Crippen molar-refractivity contribution in [3.8, 4) is 17.1 Å². The van der Waals surface area contributed by atoms with Gasteiger partial charge in [-0.3, -0.25) is 0 Å². The minimum Gasteiger partial charge on any atom is -0.343 e. The lowest BCUT2D eigenvalue weighted by molar-refractivity contribution is -0.141. The quantitative estimate of drug-likeness (QED) is 0.531. The average Bonchev–Trinajstić information content (AvgIpc) is 3.24. The van der Waals surface area contributed by atoms with Gasteiger partial charge in [0.05, 0.1) is 12.1 Å². The molecule has 3 heterocycles. The normalized spacial score (nSPS) is 14.6. The molecule has 0 bridgehead atoms. The molecular weight excluding hydrogens is 424 g/mol. The van der Waals surface area contributed by atoms with Gasteiger partial charge in [-0.15, -0.1) is 0 Å². The van der Waals surface area contributed by atoms with Crippen molar-refractivity contribution in [1.29, 1.82) is 0 Å². The van der Waals surface area contributed by atoms with Gasteiger partial charge in [0.2, 0.25) is 5.95 Å². The summed E-state index contributed by atoms with van der Waals surface area (Å²) in [4.78, 5) is 9.56. The largest absolute Gasteiger partial charge is 0.435 e. The fraction of sp³-hybridized carbons (Fsp3) is 0.150. The first-order valence-corrected chi connectivity index (χ1v) is 8.89. The van der Waals surface area contributed by atoms with Gasteiger partial charge >= 0.3 is 12.4 Å². The smallest absolute Gasteiger partial charge is 0.343 e. The van der Waals surface area contributed by atoms with Crippen molar-refractivity contribution in [3.63, 3.8) is 0 Å². The summed E-state index contributed by atoms with van der Waals surface area (Å²) in [5, 5.41) is 3.41. The third-order valence-corrected chi connectivity index (χ3v) is 4.52. The summed E-state index contributed by atoms with van der Waals surface area (Å²) in [5.74, 6) is -0.0723. The van der Waals surface area contributed by atoms with E-state index < -0.39 is 23.6 Å². The monoisotopic (exact) mass is 437 g/mol. The third-order valence-electron chi connectivity index (χ3n) is 4.52. The highest BCUT2D eigenvalue weighted by Crippen LogP contribution is 2.35. The predicted molar refractivity (Wildman–Crippen MR) is 100 cm³/mol. The van der Waals surface area contributed by atoms with Crippen molar-refractivity contribution < 1.29 is 26.3 Å². The minimum absolute atomic E-state index is 0.0723. The van der Waals surface area contributed by atoms with E-state index in [1.54, 1.807) is 24.3 Å². The molecule has 0 N–H and O–H groups in total. The molecule has 0 aliphatic carbocycles. The van der Waals surface area contributed by atoms with E-state index >= 15 is 0 Å². The molecule has 31 heavy (non-hydrogen) atoms. The van der Waals surface area contributed by atoms with Crippen molar-refractivity contribution in [1.82, 2.24) is 19.7 Å². The number of halogens is 6. The predicted octanol–water partition coefficient (Wildman–Crippen LogP) is 5.17. The zero-order valence-electron chi connectivity index (χ0n) is 15.6. The van der Waals surface area contributed by atoms with Gasteiger partial charge in [0.15, 0.2) is 5.69 Å². The Morgan fingerprint density at radius 3 is 2.23 bits per heavy atom. The van der Waals surface area contributed by atoms with Crippen LogP contribution in [-0.4, -0.2) is 32.5 Å². The van der Waals surface area contributed by atoms with Crippen LogP contribution in [0.4, 0.5) is 32.0 Å². The molecule has 1 aliphatic heterocycles. The van der Waals surface area contributed by atoms with Crippen molar-refractivity contribution in [3.05, 3.63) is 78.5 Å². The molecule has 0 amide bonds. The van der Waals surface area contributed by atoms with Crippen LogP contribution >= 0.6 is 0 Å². The summed E-state index contributed by atoms with van der Waals surface area (Å²) in [7, 11) is 0. The van der Waals surface area contributed by atoms with Crippen LogP contribution in [0.3, 0.4) is 0 Å². The Bertz CT molecular complexity index is 1140. The van der Waals surface area contributed by atoms with Gasteiger partial charge in [-0.1, -0.05) is 24.3 Å².